The Morgan fingerprint density at radius 1 is 1.09 bits per heavy atom. The molecule has 1 aliphatic heterocycles. The van der Waals surface area contributed by atoms with E-state index in [4.69, 9.17) is 14.2 Å². The van der Waals surface area contributed by atoms with Crippen LogP contribution < -0.4 is 10.1 Å². The standard InChI is InChI=1S/C26H24N4O3S/c1-3-32-20-13-11-18(12-14-20)23-22(25-28-24(29-33-25)19-8-5-4-6-9-19)17(2)30(26(31)27-23)16-21-10-7-15-34-21/h4-15,23H,3,16H2,1-2H3,(H,27,31). The maximum atomic E-state index is 13.2. The summed E-state index contributed by atoms with van der Waals surface area (Å²) in [4.78, 5) is 20.7. The molecular formula is C26H24N4O3S. The Labute approximate surface area is 201 Å². The highest BCUT2D eigenvalue weighted by molar-refractivity contribution is 7.09. The number of benzene rings is 2. The molecule has 5 rings (SSSR count). The van der Waals surface area contributed by atoms with Crippen molar-refractivity contribution in [2.75, 3.05) is 6.61 Å². The van der Waals surface area contributed by atoms with Crippen molar-refractivity contribution in [1.82, 2.24) is 20.4 Å². The van der Waals surface area contributed by atoms with Crippen molar-refractivity contribution in [1.29, 1.82) is 0 Å². The molecule has 1 N–H and O–H groups in total. The van der Waals surface area contributed by atoms with Gasteiger partial charge in [-0.05, 0) is 43.0 Å². The fourth-order valence-corrected chi connectivity index (χ4v) is 4.71. The van der Waals surface area contributed by atoms with E-state index >= 15 is 0 Å². The summed E-state index contributed by atoms with van der Waals surface area (Å²) >= 11 is 1.61. The number of amides is 2. The number of nitrogens with zero attached hydrogens (tertiary/aromatic N) is 3. The lowest BCUT2D eigenvalue weighted by molar-refractivity contribution is 0.203. The minimum Gasteiger partial charge on any atom is -0.494 e. The second kappa shape index (κ2) is 9.52. The number of carbonyl (C=O) groups is 1. The average molecular weight is 473 g/mol. The average Bonchev–Trinajstić information content (AvgIpc) is 3.55. The molecule has 8 heteroatoms. The van der Waals surface area contributed by atoms with Crippen molar-refractivity contribution in [2.24, 2.45) is 0 Å². The van der Waals surface area contributed by atoms with Crippen molar-refractivity contribution in [3.63, 3.8) is 0 Å². The third kappa shape index (κ3) is 4.32. The first-order valence-corrected chi connectivity index (χ1v) is 12.0. The summed E-state index contributed by atoms with van der Waals surface area (Å²) in [6.07, 6.45) is 0. The fraction of sp³-hybridized carbons (Fsp3) is 0.192. The van der Waals surface area contributed by atoms with Gasteiger partial charge in [-0.3, -0.25) is 4.90 Å². The lowest BCUT2D eigenvalue weighted by Crippen LogP contribution is -2.45. The molecular weight excluding hydrogens is 448 g/mol. The van der Waals surface area contributed by atoms with Crippen LogP contribution >= 0.6 is 11.3 Å². The van der Waals surface area contributed by atoms with E-state index in [1.807, 2.05) is 86.0 Å². The molecule has 0 saturated carbocycles. The molecule has 4 aromatic rings. The molecule has 0 spiro atoms. The number of hydrogen-bond acceptors (Lipinski definition) is 6. The summed E-state index contributed by atoms with van der Waals surface area (Å²) in [5.74, 6) is 1.66. The molecule has 0 aliphatic carbocycles. The van der Waals surface area contributed by atoms with Gasteiger partial charge in [0.25, 0.3) is 5.89 Å². The minimum atomic E-state index is -0.438. The van der Waals surface area contributed by atoms with Crippen LogP contribution in [0.2, 0.25) is 0 Å². The molecule has 0 saturated heterocycles. The number of aromatic nitrogens is 2. The number of carbonyl (C=O) groups excluding carboxylic acids is 1. The number of ether oxygens (including phenoxy) is 1. The minimum absolute atomic E-state index is 0.170. The van der Waals surface area contributed by atoms with Crippen LogP contribution in [0, 0.1) is 0 Å². The molecule has 2 aromatic carbocycles. The van der Waals surface area contributed by atoms with Gasteiger partial charge in [-0.2, -0.15) is 4.98 Å². The zero-order chi connectivity index (χ0) is 23.5. The van der Waals surface area contributed by atoms with E-state index < -0.39 is 6.04 Å². The van der Waals surface area contributed by atoms with Crippen LogP contribution in [0.5, 0.6) is 5.75 Å². The normalized spacial score (nSPS) is 16.0. The summed E-state index contributed by atoms with van der Waals surface area (Å²) in [5.41, 5.74) is 3.32. The van der Waals surface area contributed by atoms with Crippen LogP contribution in [-0.4, -0.2) is 27.7 Å². The predicted molar refractivity (Wildman–Crippen MR) is 131 cm³/mol. The third-order valence-electron chi connectivity index (χ3n) is 5.70. The predicted octanol–water partition coefficient (Wildman–Crippen LogP) is 5.89. The van der Waals surface area contributed by atoms with Crippen molar-refractivity contribution in [3.8, 4) is 17.1 Å². The third-order valence-corrected chi connectivity index (χ3v) is 6.56. The molecule has 1 atom stereocenters. The first-order valence-electron chi connectivity index (χ1n) is 11.1. The van der Waals surface area contributed by atoms with Crippen molar-refractivity contribution in [2.45, 2.75) is 26.4 Å². The molecule has 34 heavy (non-hydrogen) atoms. The van der Waals surface area contributed by atoms with Crippen LogP contribution in [0.15, 0.2) is 82.3 Å². The lowest BCUT2D eigenvalue weighted by atomic mass is 9.94. The number of allylic oxidation sites excluding steroid dienone is 1. The van der Waals surface area contributed by atoms with Crippen molar-refractivity contribution >= 4 is 22.9 Å². The van der Waals surface area contributed by atoms with E-state index in [0.29, 0.717) is 24.9 Å². The smallest absolute Gasteiger partial charge is 0.322 e. The van der Waals surface area contributed by atoms with Crippen LogP contribution in [0.4, 0.5) is 4.79 Å². The van der Waals surface area contributed by atoms with E-state index in [1.165, 1.54) is 0 Å². The highest BCUT2D eigenvalue weighted by Crippen LogP contribution is 2.38. The largest absolute Gasteiger partial charge is 0.494 e. The van der Waals surface area contributed by atoms with Crippen LogP contribution in [0.3, 0.4) is 0 Å². The van der Waals surface area contributed by atoms with Gasteiger partial charge in [0.2, 0.25) is 5.82 Å². The number of hydrogen-bond donors (Lipinski definition) is 1. The van der Waals surface area contributed by atoms with Gasteiger partial charge in [-0.25, -0.2) is 4.79 Å². The molecule has 1 aliphatic rings. The van der Waals surface area contributed by atoms with Crippen molar-refractivity contribution in [3.05, 3.63) is 94.1 Å². The maximum absolute atomic E-state index is 13.2. The summed E-state index contributed by atoms with van der Waals surface area (Å²) in [6.45, 7) is 4.93. The van der Waals surface area contributed by atoms with Crippen LogP contribution in [0.1, 0.15) is 36.2 Å². The summed E-state index contributed by atoms with van der Waals surface area (Å²) in [7, 11) is 0. The highest BCUT2D eigenvalue weighted by atomic mass is 32.1. The van der Waals surface area contributed by atoms with Gasteiger partial charge in [0, 0.05) is 16.1 Å². The Balaban J connectivity index is 1.57. The molecule has 0 radical (unpaired) electrons. The number of nitrogens with one attached hydrogen (secondary N) is 1. The summed E-state index contributed by atoms with van der Waals surface area (Å²) in [6, 6.07) is 20.8. The van der Waals surface area contributed by atoms with Crippen LogP contribution in [0.25, 0.3) is 17.0 Å². The fourth-order valence-electron chi connectivity index (χ4n) is 4.02. The first-order chi connectivity index (χ1) is 16.6. The van der Waals surface area contributed by atoms with E-state index in [9.17, 15) is 4.79 Å². The molecule has 172 valence electrons. The molecule has 3 heterocycles. The molecule has 7 nitrogen and oxygen atoms in total. The SMILES string of the molecule is CCOc1ccc(C2NC(=O)N(Cc3cccs3)C(C)=C2c2nc(-c3ccccc3)no2)cc1. The quantitative estimate of drug-likeness (QED) is 0.362. The summed E-state index contributed by atoms with van der Waals surface area (Å²) in [5, 5.41) is 9.36. The Morgan fingerprint density at radius 2 is 1.88 bits per heavy atom. The molecule has 1 unspecified atom stereocenters. The maximum Gasteiger partial charge on any atom is 0.322 e. The zero-order valence-electron chi connectivity index (χ0n) is 18.9. The van der Waals surface area contributed by atoms with Gasteiger partial charge in [-0.15, -0.1) is 11.3 Å². The van der Waals surface area contributed by atoms with Gasteiger partial charge in [0.05, 0.1) is 24.8 Å². The van der Waals surface area contributed by atoms with E-state index in [1.54, 1.807) is 16.2 Å². The van der Waals surface area contributed by atoms with Gasteiger partial charge in [-0.1, -0.05) is 53.7 Å². The second-order valence-corrected chi connectivity index (χ2v) is 8.87. The molecule has 2 aromatic heterocycles. The monoisotopic (exact) mass is 472 g/mol. The molecule has 0 bridgehead atoms. The number of rotatable bonds is 7. The Kier molecular flexibility index (Phi) is 6.14. The lowest BCUT2D eigenvalue weighted by Gasteiger charge is -2.35. The Hall–Kier alpha value is -3.91. The van der Waals surface area contributed by atoms with Gasteiger partial charge in [0.1, 0.15) is 5.75 Å². The van der Waals surface area contributed by atoms with Crippen molar-refractivity contribution < 1.29 is 14.1 Å². The topological polar surface area (TPSA) is 80.5 Å². The van der Waals surface area contributed by atoms with Gasteiger partial charge in [0.15, 0.2) is 0 Å². The number of urea groups is 1. The second-order valence-electron chi connectivity index (χ2n) is 7.84. The first kappa shape index (κ1) is 21.9. The zero-order valence-corrected chi connectivity index (χ0v) is 19.7. The summed E-state index contributed by atoms with van der Waals surface area (Å²) < 4.78 is 11.3. The molecule has 2 amide bonds. The molecule has 0 fully saturated rings. The van der Waals surface area contributed by atoms with Gasteiger partial charge < -0.3 is 14.6 Å². The van der Waals surface area contributed by atoms with E-state index in [2.05, 4.69) is 10.5 Å². The van der Waals surface area contributed by atoms with E-state index in [0.717, 1.165) is 33.0 Å². The Morgan fingerprint density at radius 3 is 2.59 bits per heavy atom. The highest BCUT2D eigenvalue weighted by Gasteiger charge is 2.36. The van der Waals surface area contributed by atoms with Crippen LogP contribution in [-0.2, 0) is 6.54 Å². The van der Waals surface area contributed by atoms with Gasteiger partial charge >= 0.3 is 6.03 Å². The number of thiophene rings is 1. The Bertz CT molecular complexity index is 1300. The van der Waals surface area contributed by atoms with E-state index in [-0.39, 0.29) is 6.03 Å².